The van der Waals surface area contributed by atoms with Crippen LogP contribution in [0, 0.1) is 0 Å². The van der Waals surface area contributed by atoms with Crippen molar-refractivity contribution in [2.75, 3.05) is 45.6 Å². The molecule has 158 valence electrons. The molecule has 0 bridgehead atoms. The number of piperazine rings is 1. The largest absolute Gasteiger partial charge is 0.366 e. The van der Waals surface area contributed by atoms with Crippen LogP contribution in [0.5, 0.6) is 0 Å². The smallest absolute Gasteiger partial charge is 0.244 e. The van der Waals surface area contributed by atoms with Gasteiger partial charge in [-0.15, -0.1) is 0 Å². The molecule has 0 saturated carbocycles. The third-order valence-corrected chi connectivity index (χ3v) is 8.08. The molecule has 0 unspecified atom stereocenters. The molecule has 2 heterocycles. The average Bonchev–Trinajstić information content (AvgIpc) is 2.73. The van der Waals surface area contributed by atoms with Crippen LogP contribution < -0.4 is 10.0 Å². The molecule has 1 fully saturated rings. The Labute approximate surface area is 171 Å². The number of rotatable bonds is 7. The highest BCUT2D eigenvalue weighted by atomic mass is 32.2. The summed E-state index contributed by atoms with van der Waals surface area (Å²) < 4.78 is 53.0. The van der Waals surface area contributed by atoms with Crippen molar-refractivity contribution >= 4 is 25.9 Å². The van der Waals surface area contributed by atoms with Gasteiger partial charge in [0.2, 0.25) is 20.0 Å². The topological polar surface area (TPSA) is 112 Å². The summed E-state index contributed by atoms with van der Waals surface area (Å²) in [5.74, 6) is 0.504. The second-order valence-electron chi connectivity index (χ2n) is 6.80. The number of hydrogen-bond acceptors (Lipinski definition) is 7. The van der Waals surface area contributed by atoms with E-state index in [-0.39, 0.29) is 9.79 Å². The van der Waals surface area contributed by atoms with Gasteiger partial charge in [0.1, 0.15) is 10.7 Å². The van der Waals surface area contributed by atoms with Crippen LogP contribution in [0.4, 0.5) is 5.82 Å². The molecule has 1 aliphatic heterocycles. The Hall–Kier alpha value is -2.05. The van der Waals surface area contributed by atoms with Gasteiger partial charge in [0.15, 0.2) is 0 Å². The monoisotopic (exact) mass is 439 g/mol. The maximum absolute atomic E-state index is 12.7. The number of hydrogen-bond donors (Lipinski definition) is 2. The molecule has 1 saturated heterocycles. The van der Waals surface area contributed by atoms with Gasteiger partial charge >= 0.3 is 0 Å². The first-order valence-electron chi connectivity index (χ1n) is 9.13. The van der Waals surface area contributed by atoms with E-state index >= 15 is 0 Å². The molecule has 11 heteroatoms. The van der Waals surface area contributed by atoms with Crippen LogP contribution in [-0.2, 0) is 26.6 Å². The Kier molecular flexibility index (Phi) is 6.54. The van der Waals surface area contributed by atoms with Crippen LogP contribution in [0.15, 0.2) is 52.4 Å². The number of nitrogens with one attached hydrogen (secondary N) is 2. The third kappa shape index (κ3) is 5.11. The van der Waals surface area contributed by atoms with Gasteiger partial charge in [-0.2, -0.15) is 4.31 Å². The van der Waals surface area contributed by atoms with E-state index in [2.05, 4.69) is 19.9 Å². The molecule has 1 aliphatic rings. The van der Waals surface area contributed by atoms with Crippen LogP contribution >= 0.6 is 0 Å². The first kappa shape index (κ1) is 21.7. The molecule has 0 aliphatic carbocycles. The fraction of sp³-hybridized carbons (Fsp3) is 0.389. The van der Waals surface area contributed by atoms with E-state index in [1.807, 2.05) is 7.05 Å². The minimum atomic E-state index is -3.55. The maximum atomic E-state index is 12.7. The van der Waals surface area contributed by atoms with Gasteiger partial charge in [-0.25, -0.2) is 26.5 Å². The summed E-state index contributed by atoms with van der Waals surface area (Å²) in [5, 5.41) is 3.08. The molecule has 2 aromatic rings. The molecule has 0 spiro atoms. The number of sulfonamides is 2. The van der Waals surface area contributed by atoms with Crippen molar-refractivity contribution in [1.82, 2.24) is 18.9 Å². The lowest BCUT2D eigenvalue weighted by Gasteiger charge is -2.31. The predicted octanol–water partition coefficient (Wildman–Crippen LogP) is 0.538. The average molecular weight is 440 g/mol. The SMILES string of the molecule is CNS(=O)(=O)c1cccc(CNc2ccc(S(=O)(=O)N3CCN(C)CC3)cn2)c1. The zero-order chi connectivity index (χ0) is 21.1. The van der Waals surface area contributed by atoms with Gasteiger partial charge in [0.05, 0.1) is 4.90 Å². The second kappa shape index (κ2) is 8.76. The fourth-order valence-electron chi connectivity index (χ4n) is 2.95. The number of benzene rings is 1. The van der Waals surface area contributed by atoms with E-state index in [4.69, 9.17) is 0 Å². The Morgan fingerprint density at radius 3 is 2.34 bits per heavy atom. The first-order chi connectivity index (χ1) is 13.7. The zero-order valence-corrected chi connectivity index (χ0v) is 18.0. The van der Waals surface area contributed by atoms with E-state index in [0.717, 1.165) is 5.56 Å². The lowest BCUT2D eigenvalue weighted by Crippen LogP contribution is -2.47. The zero-order valence-electron chi connectivity index (χ0n) is 16.4. The molecule has 0 amide bonds. The molecular weight excluding hydrogens is 414 g/mol. The van der Waals surface area contributed by atoms with Gasteiger partial charge in [0, 0.05) is 38.9 Å². The Balaban J connectivity index is 1.66. The van der Waals surface area contributed by atoms with Gasteiger partial charge in [-0.3, -0.25) is 0 Å². The van der Waals surface area contributed by atoms with Crippen molar-refractivity contribution < 1.29 is 16.8 Å². The Morgan fingerprint density at radius 2 is 1.72 bits per heavy atom. The normalized spacial score (nSPS) is 16.6. The summed E-state index contributed by atoms with van der Waals surface area (Å²) in [5.41, 5.74) is 0.761. The summed E-state index contributed by atoms with van der Waals surface area (Å²) in [6, 6.07) is 9.70. The number of aromatic nitrogens is 1. The fourth-order valence-corrected chi connectivity index (χ4v) is 5.12. The summed E-state index contributed by atoms with van der Waals surface area (Å²) in [4.78, 5) is 6.63. The summed E-state index contributed by atoms with van der Waals surface area (Å²) in [6.07, 6.45) is 1.35. The van der Waals surface area contributed by atoms with Crippen molar-refractivity contribution in [2.24, 2.45) is 0 Å². The highest BCUT2D eigenvalue weighted by molar-refractivity contribution is 7.89. The van der Waals surface area contributed by atoms with E-state index < -0.39 is 20.0 Å². The van der Waals surface area contributed by atoms with Crippen molar-refractivity contribution in [3.63, 3.8) is 0 Å². The molecule has 29 heavy (non-hydrogen) atoms. The second-order valence-corrected chi connectivity index (χ2v) is 10.6. The van der Waals surface area contributed by atoms with E-state index in [9.17, 15) is 16.8 Å². The van der Waals surface area contributed by atoms with Crippen LogP contribution in [-0.4, -0.2) is 71.3 Å². The third-order valence-electron chi connectivity index (χ3n) is 4.79. The maximum Gasteiger partial charge on any atom is 0.244 e. The molecule has 0 radical (unpaired) electrons. The van der Waals surface area contributed by atoms with E-state index in [0.29, 0.717) is 38.5 Å². The lowest BCUT2D eigenvalue weighted by molar-refractivity contribution is 0.222. The Morgan fingerprint density at radius 1 is 1.00 bits per heavy atom. The highest BCUT2D eigenvalue weighted by Crippen LogP contribution is 2.18. The van der Waals surface area contributed by atoms with Crippen molar-refractivity contribution in [2.45, 2.75) is 16.3 Å². The first-order valence-corrected chi connectivity index (χ1v) is 12.1. The van der Waals surface area contributed by atoms with E-state index in [1.165, 1.54) is 29.7 Å². The van der Waals surface area contributed by atoms with E-state index in [1.54, 1.807) is 24.3 Å². The molecule has 9 nitrogen and oxygen atoms in total. The minimum Gasteiger partial charge on any atom is -0.366 e. The highest BCUT2D eigenvalue weighted by Gasteiger charge is 2.27. The molecule has 1 aromatic carbocycles. The number of anilines is 1. The van der Waals surface area contributed by atoms with Crippen molar-refractivity contribution in [1.29, 1.82) is 0 Å². The number of likely N-dealkylation sites (N-methyl/N-ethyl adjacent to an activating group) is 1. The minimum absolute atomic E-state index is 0.162. The molecule has 3 rings (SSSR count). The van der Waals surface area contributed by atoms with Gasteiger partial charge in [0.25, 0.3) is 0 Å². The summed E-state index contributed by atoms with van der Waals surface area (Å²) in [7, 11) is -3.73. The van der Waals surface area contributed by atoms with Crippen molar-refractivity contribution in [3.05, 3.63) is 48.2 Å². The quantitative estimate of drug-likeness (QED) is 0.648. The van der Waals surface area contributed by atoms with Crippen LogP contribution in [0.2, 0.25) is 0 Å². The van der Waals surface area contributed by atoms with Crippen LogP contribution in [0.25, 0.3) is 0 Å². The Bertz CT molecular complexity index is 1050. The van der Waals surface area contributed by atoms with Gasteiger partial charge < -0.3 is 10.2 Å². The van der Waals surface area contributed by atoms with Gasteiger partial charge in [-0.05, 0) is 43.9 Å². The standard InChI is InChI=1S/C18H25N5O4S2/c1-19-28(24,25)16-5-3-4-15(12-16)13-20-18-7-6-17(14-21-18)29(26,27)23-10-8-22(2)9-11-23/h3-7,12,14,19H,8-11,13H2,1-2H3,(H,20,21). The molecular formula is C18H25N5O4S2. The lowest BCUT2D eigenvalue weighted by atomic mass is 10.2. The molecule has 1 aromatic heterocycles. The summed E-state index contributed by atoms with van der Waals surface area (Å²) >= 11 is 0. The summed E-state index contributed by atoms with van der Waals surface area (Å²) in [6.45, 7) is 2.68. The number of nitrogens with zero attached hydrogens (tertiary/aromatic N) is 3. The number of pyridine rings is 1. The molecule has 2 N–H and O–H groups in total. The van der Waals surface area contributed by atoms with Crippen molar-refractivity contribution in [3.8, 4) is 0 Å². The van der Waals surface area contributed by atoms with Crippen LogP contribution in [0.3, 0.4) is 0 Å². The molecule has 0 atom stereocenters. The van der Waals surface area contributed by atoms with Crippen LogP contribution in [0.1, 0.15) is 5.56 Å². The van der Waals surface area contributed by atoms with Gasteiger partial charge in [-0.1, -0.05) is 12.1 Å². The predicted molar refractivity (Wildman–Crippen MR) is 111 cm³/mol.